The molecule has 0 unspecified atom stereocenters. The minimum absolute atomic E-state index is 0.00110. The number of esters is 1. The summed E-state index contributed by atoms with van der Waals surface area (Å²) in [5, 5.41) is 8.74. The predicted molar refractivity (Wildman–Crippen MR) is 79.2 cm³/mol. The number of ether oxygens (including phenoxy) is 1. The Morgan fingerprint density at radius 1 is 1.23 bits per heavy atom. The molecule has 2 rings (SSSR count). The summed E-state index contributed by atoms with van der Waals surface area (Å²) < 4.78 is 4.98. The highest BCUT2D eigenvalue weighted by molar-refractivity contribution is 8.04. The van der Waals surface area contributed by atoms with Gasteiger partial charge < -0.3 is 9.84 Å². The lowest BCUT2D eigenvalue weighted by molar-refractivity contribution is -0.134. The third-order valence-electron chi connectivity index (χ3n) is 2.98. The largest absolute Gasteiger partial charge is 0.481 e. The number of carboxylic acid groups (broad SMARTS) is 1. The van der Waals surface area contributed by atoms with Crippen molar-refractivity contribution in [2.24, 2.45) is 0 Å². The van der Waals surface area contributed by atoms with E-state index in [0.29, 0.717) is 0 Å². The molecular weight excluding hydrogens is 308 g/mol. The van der Waals surface area contributed by atoms with Crippen LogP contribution in [0.2, 0.25) is 0 Å². The van der Waals surface area contributed by atoms with Crippen molar-refractivity contribution in [2.45, 2.75) is 13.8 Å². The van der Waals surface area contributed by atoms with Crippen LogP contribution in [-0.4, -0.2) is 34.4 Å². The summed E-state index contributed by atoms with van der Waals surface area (Å²) in [6.07, 6.45) is 0. The highest BCUT2D eigenvalue weighted by atomic mass is 32.2. The zero-order chi connectivity index (χ0) is 16.4. The van der Waals surface area contributed by atoms with Crippen LogP contribution >= 0.6 is 11.8 Å². The van der Waals surface area contributed by atoms with Gasteiger partial charge in [-0.1, -0.05) is 12.1 Å². The number of allylic oxidation sites excluding steroid dienone is 2. The maximum absolute atomic E-state index is 12.6. The minimum atomic E-state index is -1.09. The van der Waals surface area contributed by atoms with Gasteiger partial charge >= 0.3 is 11.9 Å². The molecule has 1 aliphatic rings. The second-order valence-electron chi connectivity index (χ2n) is 4.57. The van der Waals surface area contributed by atoms with E-state index in [0.717, 1.165) is 11.8 Å². The van der Waals surface area contributed by atoms with E-state index in [-0.39, 0.29) is 38.9 Å². The Balaban J connectivity index is 2.52. The van der Waals surface area contributed by atoms with E-state index in [2.05, 4.69) is 0 Å². The topological polar surface area (TPSA) is 97.7 Å². The van der Waals surface area contributed by atoms with E-state index >= 15 is 0 Å². The zero-order valence-corrected chi connectivity index (χ0v) is 12.7. The molecule has 114 valence electrons. The number of Topliss-reactive ketones (excluding diaryl/α,β-unsaturated/α-hetero) is 2. The SMILES string of the molecule is CC(=O)Oc1cccc2c1C(=O)C(SCC(=O)O)=C(C)C2=O. The molecule has 1 aromatic carbocycles. The van der Waals surface area contributed by atoms with Crippen molar-refractivity contribution >= 4 is 35.3 Å². The number of fused-ring (bicyclic) bond motifs is 1. The fraction of sp³-hybridized carbons (Fsp3) is 0.200. The summed E-state index contributed by atoms with van der Waals surface area (Å²) >= 11 is 0.786. The van der Waals surface area contributed by atoms with E-state index in [1.165, 1.54) is 32.0 Å². The predicted octanol–water partition coefficient (Wildman–Crippen LogP) is 2.08. The van der Waals surface area contributed by atoms with Crippen LogP contribution in [0.3, 0.4) is 0 Å². The van der Waals surface area contributed by atoms with Crippen molar-refractivity contribution in [3.05, 3.63) is 39.8 Å². The fourth-order valence-electron chi connectivity index (χ4n) is 2.09. The van der Waals surface area contributed by atoms with Crippen molar-refractivity contribution in [3.8, 4) is 5.75 Å². The van der Waals surface area contributed by atoms with E-state index < -0.39 is 17.7 Å². The Labute approximate surface area is 130 Å². The highest BCUT2D eigenvalue weighted by Gasteiger charge is 2.33. The van der Waals surface area contributed by atoms with Crippen molar-refractivity contribution in [3.63, 3.8) is 0 Å². The molecule has 0 amide bonds. The van der Waals surface area contributed by atoms with E-state index in [1.54, 1.807) is 0 Å². The van der Waals surface area contributed by atoms with Crippen LogP contribution in [-0.2, 0) is 9.59 Å². The second-order valence-corrected chi connectivity index (χ2v) is 5.55. The first-order valence-electron chi connectivity index (χ1n) is 6.29. The summed E-state index contributed by atoms with van der Waals surface area (Å²) in [6.45, 7) is 2.67. The normalized spacial score (nSPS) is 13.9. The molecule has 0 radical (unpaired) electrons. The van der Waals surface area contributed by atoms with Gasteiger partial charge in [0.1, 0.15) is 5.75 Å². The third-order valence-corrected chi connectivity index (χ3v) is 4.15. The third kappa shape index (κ3) is 2.94. The fourth-order valence-corrected chi connectivity index (χ4v) is 2.90. The molecule has 1 aromatic rings. The Morgan fingerprint density at radius 2 is 1.91 bits per heavy atom. The van der Waals surface area contributed by atoms with Gasteiger partial charge in [0.25, 0.3) is 0 Å². The number of hydrogen-bond donors (Lipinski definition) is 1. The average Bonchev–Trinajstić information content (AvgIpc) is 2.43. The van der Waals surface area contributed by atoms with Crippen LogP contribution in [0.5, 0.6) is 5.75 Å². The van der Waals surface area contributed by atoms with Crippen LogP contribution < -0.4 is 4.74 Å². The number of hydrogen-bond acceptors (Lipinski definition) is 6. The quantitative estimate of drug-likeness (QED) is 0.670. The standard InChI is InChI=1S/C15H12O6S/c1-7-13(19)9-4-3-5-10(21-8(2)16)12(9)14(20)15(7)22-6-11(17)18/h3-5H,6H2,1-2H3,(H,17,18). The van der Waals surface area contributed by atoms with Crippen LogP contribution in [0.15, 0.2) is 28.7 Å². The Kier molecular flexibility index (Phi) is 4.46. The molecule has 0 aliphatic heterocycles. The van der Waals surface area contributed by atoms with Gasteiger partial charge in [-0.25, -0.2) is 0 Å². The number of thioether (sulfide) groups is 1. The molecule has 0 spiro atoms. The van der Waals surface area contributed by atoms with E-state index in [1.807, 2.05) is 0 Å². The number of rotatable bonds is 4. The smallest absolute Gasteiger partial charge is 0.313 e. The molecular formula is C15H12O6S. The summed E-state index contributed by atoms with van der Waals surface area (Å²) in [5.74, 6) is -2.92. The minimum Gasteiger partial charge on any atom is -0.481 e. The monoisotopic (exact) mass is 320 g/mol. The summed E-state index contributed by atoms with van der Waals surface area (Å²) in [6, 6.07) is 4.42. The van der Waals surface area contributed by atoms with Gasteiger partial charge in [0.2, 0.25) is 5.78 Å². The lowest BCUT2D eigenvalue weighted by atomic mass is 9.89. The molecule has 0 aromatic heterocycles. The second kappa shape index (κ2) is 6.15. The van der Waals surface area contributed by atoms with E-state index in [9.17, 15) is 19.2 Å². The van der Waals surface area contributed by atoms with Crippen molar-refractivity contribution < 1.29 is 29.0 Å². The molecule has 1 N–H and O–H groups in total. The molecule has 0 saturated heterocycles. The molecule has 6 nitrogen and oxygen atoms in total. The molecule has 0 bridgehead atoms. The highest BCUT2D eigenvalue weighted by Crippen LogP contribution is 2.37. The first-order chi connectivity index (χ1) is 10.3. The first-order valence-corrected chi connectivity index (χ1v) is 7.27. The number of ketones is 2. The number of benzene rings is 1. The Hall–Kier alpha value is -2.41. The van der Waals surface area contributed by atoms with Gasteiger partial charge in [-0.15, -0.1) is 11.8 Å². The van der Waals surface area contributed by atoms with Gasteiger partial charge in [0, 0.05) is 18.1 Å². The van der Waals surface area contributed by atoms with Crippen molar-refractivity contribution in [1.82, 2.24) is 0 Å². The molecule has 22 heavy (non-hydrogen) atoms. The molecule has 0 heterocycles. The van der Waals surface area contributed by atoms with Crippen molar-refractivity contribution in [2.75, 3.05) is 5.75 Å². The van der Waals surface area contributed by atoms with Gasteiger partial charge in [0.05, 0.1) is 16.2 Å². The maximum atomic E-state index is 12.6. The summed E-state index contributed by atoms with van der Waals surface area (Å²) in [7, 11) is 0. The van der Waals surface area contributed by atoms with Gasteiger partial charge in [-0.3, -0.25) is 19.2 Å². The van der Waals surface area contributed by atoms with Crippen LogP contribution in [0.4, 0.5) is 0 Å². The lowest BCUT2D eigenvalue weighted by Crippen LogP contribution is -2.22. The lowest BCUT2D eigenvalue weighted by Gasteiger charge is -2.20. The van der Waals surface area contributed by atoms with Crippen LogP contribution in [0, 0.1) is 0 Å². The van der Waals surface area contributed by atoms with Crippen molar-refractivity contribution in [1.29, 1.82) is 0 Å². The van der Waals surface area contributed by atoms with E-state index in [4.69, 9.17) is 9.84 Å². The molecule has 0 saturated carbocycles. The number of carboxylic acids is 1. The molecule has 7 heteroatoms. The van der Waals surface area contributed by atoms with Gasteiger partial charge in [-0.05, 0) is 13.0 Å². The zero-order valence-electron chi connectivity index (χ0n) is 11.8. The Bertz CT molecular complexity index is 732. The van der Waals surface area contributed by atoms with Gasteiger partial charge in [0.15, 0.2) is 5.78 Å². The number of carbonyl (C=O) groups excluding carboxylic acids is 3. The molecule has 1 aliphatic carbocycles. The molecule has 0 atom stereocenters. The van der Waals surface area contributed by atoms with Crippen LogP contribution in [0.1, 0.15) is 34.6 Å². The first kappa shape index (κ1) is 16.0. The Morgan fingerprint density at radius 3 is 2.50 bits per heavy atom. The van der Waals surface area contributed by atoms with Crippen LogP contribution in [0.25, 0.3) is 0 Å². The maximum Gasteiger partial charge on any atom is 0.313 e. The van der Waals surface area contributed by atoms with Gasteiger partial charge in [-0.2, -0.15) is 0 Å². The summed E-state index contributed by atoms with van der Waals surface area (Å²) in [5.41, 5.74) is 0.353. The number of aliphatic carboxylic acids is 1. The molecule has 0 fully saturated rings. The summed E-state index contributed by atoms with van der Waals surface area (Å²) in [4.78, 5) is 46.8. The average molecular weight is 320 g/mol. The number of carbonyl (C=O) groups is 4.